The smallest absolute Gasteiger partial charge is 0.380 e. The fourth-order valence-electron chi connectivity index (χ4n) is 2.82. The average molecular weight is 347 g/mol. The number of hydrogen-bond acceptors (Lipinski definition) is 9. The zero-order valence-corrected chi connectivity index (χ0v) is 13.3. The SMILES string of the molecule is CCC(=O)O[C@@]12C[C@H](O)[C@@H](NC(C)=O)[C@H](O1)[C@@H]([C@H](O)CO)OC2=O. The molecule has 0 aliphatic carbocycles. The molecule has 2 fully saturated rings. The number of rotatable bonds is 5. The number of esters is 2. The van der Waals surface area contributed by atoms with E-state index in [-0.39, 0.29) is 6.42 Å². The number of amides is 1. The molecule has 0 aromatic carbocycles. The Hall–Kier alpha value is -1.75. The van der Waals surface area contributed by atoms with E-state index in [4.69, 9.17) is 19.3 Å². The van der Waals surface area contributed by atoms with Crippen LogP contribution in [-0.4, -0.2) is 76.0 Å². The third-order valence-corrected chi connectivity index (χ3v) is 3.95. The van der Waals surface area contributed by atoms with Crippen molar-refractivity contribution < 1.29 is 43.9 Å². The van der Waals surface area contributed by atoms with Gasteiger partial charge in [0, 0.05) is 13.3 Å². The molecule has 0 aromatic rings. The summed E-state index contributed by atoms with van der Waals surface area (Å²) in [4.78, 5) is 35.2. The zero-order valence-electron chi connectivity index (χ0n) is 13.3. The summed E-state index contributed by atoms with van der Waals surface area (Å²) in [5.74, 6) is -4.44. The van der Waals surface area contributed by atoms with Crippen LogP contribution in [0.25, 0.3) is 0 Å². The fraction of sp³-hybridized carbons (Fsp3) is 0.786. The van der Waals surface area contributed by atoms with E-state index in [1.165, 1.54) is 13.8 Å². The van der Waals surface area contributed by atoms with Gasteiger partial charge in [-0.05, 0) is 0 Å². The minimum atomic E-state index is -2.14. The highest BCUT2D eigenvalue weighted by Crippen LogP contribution is 2.39. The molecule has 136 valence electrons. The second kappa shape index (κ2) is 7.01. The van der Waals surface area contributed by atoms with Crippen molar-refractivity contribution in [3.05, 3.63) is 0 Å². The molecule has 2 aliphatic rings. The molecule has 2 rings (SSSR count). The molecule has 10 nitrogen and oxygen atoms in total. The maximum Gasteiger partial charge on any atom is 0.380 e. The number of aliphatic hydroxyl groups is 3. The van der Waals surface area contributed by atoms with Crippen LogP contribution in [0.2, 0.25) is 0 Å². The lowest BCUT2D eigenvalue weighted by molar-refractivity contribution is -0.333. The molecule has 2 heterocycles. The number of ether oxygens (including phenoxy) is 3. The van der Waals surface area contributed by atoms with Crippen molar-refractivity contribution >= 4 is 17.8 Å². The van der Waals surface area contributed by atoms with Gasteiger partial charge in [0.1, 0.15) is 12.2 Å². The highest BCUT2D eigenvalue weighted by molar-refractivity contribution is 5.83. The standard InChI is InChI=1S/C14H21NO9/c1-3-9(20)23-14-4-7(18)10(15-6(2)17)12(24-14)11(8(19)5-16)22-13(14)21/h7-8,10-12,16,18-19H,3-5H2,1-2H3,(H,15,17)/t7-,8+,10+,11+,12-,14-/m0/s1. The number of carbonyl (C=O) groups is 3. The van der Waals surface area contributed by atoms with Crippen molar-refractivity contribution in [3.63, 3.8) is 0 Å². The number of hydrogen-bond donors (Lipinski definition) is 4. The summed E-state index contributed by atoms with van der Waals surface area (Å²) in [7, 11) is 0. The Balaban J connectivity index is 2.35. The largest absolute Gasteiger partial charge is 0.452 e. The Bertz CT molecular complexity index is 522. The predicted octanol–water partition coefficient (Wildman–Crippen LogP) is -2.43. The average Bonchev–Trinajstić information content (AvgIpc) is 2.53. The quantitative estimate of drug-likeness (QED) is 0.398. The molecule has 24 heavy (non-hydrogen) atoms. The maximum atomic E-state index is 12.3. The molecule has 0 radical (unpaired) electrons. The van der Waals surface area contributed by atoms with E-state index in [1.54, 1.807) is 0 Å². The van der Waals surface area contributed by atoms with Gasteiger partial charge in [-0.25, -0.2) is 4.79 Å². The molecule has 1 amide bonds. The van der Waals surface area contributed by atoms with Crippen molar-refractivity contribution in [1.29, 1.82) is 0 Å². The number of aliphatic hydroxyl groups excluding tert-OH is 3. The van der Waals surface area contributed by atoms with Gasteiger partial charge in [0.2, 0.25) is 5.91 Å². The maximum absolute atomic E-state index is 12.3. The van der Waals surface area contributed by atoms with E-state index in [9.17, 15) is 24.6 Å². The summed E-state index contributed by atoms with van der Waals surface area (Å²) in [6.07, 6.45) is -5.80. The number of carbonyl (C=O) groups excluding carboxylic acids is 3. The van der Waals surface area contributed by atoms with Gasteiger partial charge in [-0.15, -0.1) is 0 Å². The van der Waals surface area contributed by atoms with Crippen LogP contribution in [0.4, 0.5) is 0 Å². The van der Waals surface area contributed by atoms with Crippen LogP contribution in [0.15, 0.2) is 0 Å². The number of cyclic esters (lactones) is 1. The molecule has 4 N–H and O–H groups in total. The van der Waals surface area contributed by atoms with Gasteiger partial charge < -0.3 is 34.8 Å². The molecule has 0 saturated carbocycles. The Labute approximate surface area is 137 Å². The minimum absolute atomic E-state index is 0.0308. The summed E-state index contributed by atoms with van der Waals surface area (Å²) in [5.41, 5.74) is 0. The lowest BCUT2D eigenvalue weighted by Crippen LogP contribution is -2.72. The van der Waals surface area contributed by atoms with Gasteiger partial charge in [-0.2, -0.15) is 0 Å². The van der Waals surface area contributed by atoms with Gasteiger partial charge in [-0.1, -0.05) is 6.92 Å². The minimum Gasteiger partial charge on any atom is -0.452 e. The van der Waals surface area contributed by atoms with Crippen molar-refractivity contribution in [3.8, 4) is 0 Å². The molecule has 0 aromatic heterocycles. The second-order valence-electron chi connectivity index (χ2n) is 5.78. The molecule has 10 heteroatoms. The van der Waals surface area contributed by atoms with Crippen molar-refractivity contribution in [2.24, 2.45) is 0 Å². The molecule has 2 saturated heterocycles. The van der Waals surface area contributed by atoms with E-state index in [1.807, 2.05) is 0 Å². The Morgan fingerprint density at radius 2 is 2.17 bits per heavy atom. The van der Waals surface area contributed by atoms with Crippen LogP contribution in [0.1, 0.15) is 26.7 Å². The zero-order chi connectivity index (χ0) is 18.1. The van der Waals surface area contributed by atoms with Crippen LogP contribution in [0, 0.1) is 0 Å². The Kier molecular flexibility index (Phi) is 5.43. The first-order chi connectivity index (χ1) is 11.2. The third-order valence-electron chi connectivity index (χ3n) is 3.95. The first-order valence-corrected chi connectivity index (χ1v) is 7.59. The first kappa shape index (κ1) is 18.6. The molecule has 0 spiro atoms. The van der Waals surface area contributed by atoms with E-state index in [2.05, 4.69) is 5.32 Å². The van der Waals surface area contributed by atoms with Gasteiger partial charge >= 0.3 is 17.7 Å². The Morgan fingerprint density at radius 3 is 2.71 bits per heavy atom. The first-order valence-electron chi connectivity index (χ1n) is 7.59. The molecule has 0 unspecified atom stereocenters. The number of nitrogens with one attached hydrogen (secondary N) is 1. The van der Waals surface area contributed by atoms with Crippen molar-refractivity contribution in [2.75, 3.05) is 6.61 Å². The summed E-state index contributed by atoms with van der Waals surface area (Å²) < 4.78 is 15.7. The van der Waals surface area contributed by atoms with E-state index < -0.39 is 67.1 Å². The normalized spacial score (nSPS) is 36.5. The highest BCUT2D eigenvalue weighted by atomic mass is 16.8. The topological polar surface area (TPSA) is 152 Å². The van der Waals surface area contributed by atoms with Gasteiger partial charge in [-0.3, -0.25) is 9.59 Å². The van der Waals surface area contributed by atoms with Gasteiger partial charge in [0.15, 0.2) is 6.10 Å². The molecule has 2 bridgehead atoms. The van der Waals surface area contributed by atoms with Gasteiger partial charge in [0.05, 0.1) is 25.2 Å². The van der Waals surface area contributed by atoms with Crippen molar-refractivity contribution in [2.45, 2.75) is 62.9 Å². The lowest BCUT2D eigenvalue weighted by Gasteiger charge is -2.51. The van der Waals surface area contributed by atoms with Crippen LogP contribution >= 0.6 is 0 Å². The monoisotopic (exact) mass is 347 g/mol. The molecule has 2 aliphatic heterocycles. The summed E-state index contributed by atoms with van der Waals surface area (Å²) in [6.45, 7) is 2.00. The van der Waals surface area contributed by atoms with Crippen LogP contribution < -0.4 is 5.32 Å². The molecule has 6 atom stereocenters. The number of fused-ring (bicyclic) bond motifs is 2. The lowest BCUT2D eigenvalue weighted by atomic mass is 9.86. The van der Waals surface area contributed by atoms with Crippen molar-refractivity contribution in [1.82, 2.24) is 5.32 Å². The van der Waals surface area contributed by atoms with Crippen LogP contribution in [0.3, 0.4) is 0 Å². The molecular formula is C14H21NO9. The van der Waals surface area contributed by atoms with Gasteiger partial charge in [0.25, 0.3) is 0 Å². The van der Waals surface area contributed by atoms with E-state index in [0.29, 0.717) is 0 Å². The summed E-state index contributed by atoms with van der Waals surface area (Å²) in [6, 6.07) is -1.02. The Morgan fingerprint density at radius 1 is 1.50 bits per heavy atom. The highest BCUT2D eigenvalue weighted by Gasteiger charge is 2.62. The van der Waals surface area contributed by atoms with E-state index >= 15 is 0 Å². The van der Waals surface area contributed by atoms with Crippen LogP contribution in [0.5, 0.6) is 0 Å². The summed E-state index contributed by atoms with van der Waals surface area (Å²) >= 11 is 0. The summed E-state index contributed by atoms with van der Waals surface area (Å²) in [5, 5.41) is 31.8. The third kappa shape index (κ3) is 3.36. The van der Waals surface area contributed by atoms with E-state index in [0.717, 1.165) is 0 Å². The molecular weight excluding hydrogens is 326 g/mol. The fourth-order valence-corrected chi connectivity index (χ4v) is 2.82. The second-order valence-corrected chi connectivity index (χ2v) is 5.78. The van der Waals surface area contributed by atoms with Crippen LogP contribution in [-0.2, 0) is 28.6 Å². The predicted molar refractivity (Wildman–Crippen MR) is 75.2 cm³/mol.